The quantitative estimate of drug-likeness (QED) is 0.649. The Morgan fingerprint density at radius 2 is 1.83 bits per heavy atom. The van der Waals surface area contributed by atoms with Crippen molar-refractivity contribution in [3.8, 4) is 0 Å². The highest BCUT2D eigenvalue weighted by Gasteiger charge is 2.23. The predicted octanol–water partition coefficient (Wildman–Crippen LogP) is 3.08. The van der Waals surface area contributed by atoms with E-state index in [9.17, 15) is 0 Å². The molecule has 3 aromatic rings. The monoisotopic (exact) mass is 403 g/mol. The van der Waals surface area contributed by atoms with Gasteiger partial charge < -0.3 is 9.80 Å². The minimum Gasteiger partial charge on any atom is -0.369 e. The first-order valence-electron chi connectivity index (χ1n) is 10.9. The second-order valence-corrected chi connectivity index (χ2v) is 8.59. The fraction of sp³-hybridized carbons (Fsp3) is 0.478. The van der Waals surface area contributed by atoms with Crippen LogP contribution < -0.4 is 9.80 Å². The van der Waals surface area contributed by atoms with Gasteiger partial charge in [-0.25, -0.2) is 19.9 Å². The van der Waals surface area contributed by atoms with Gasteiger partial charge in [0, 0.05) is 70.0 Å². The van der Waals surface area contributed by atoms with E-state index in [-0.39, 0.29) is 0 Å². The van der Waals surface area contributed by atoms with Crippen molar-refractivity contribution in [3.63, 3.8) is 0 Å². The van der Waals surface area contributed by atoms with Gasteiger partial charge in [0.25, 0.3) is 0 Å². The van der Waals surface area contributed by atoms with Crippen molar-refractivity contribution in [1.29, 1.82) is 0 Å². The third kappa shape index (κ3) is 3.81. The van der Waals surface area contributed by atoms with Crippen molar-refractivity contribution in [2.24, 2.45) is 0 Å². The zero-order chi connectivity index (χ0) is 20.5. The Morgan fingerprint density at radius 3 is 2.57 bits per heavy atom. The minimum absolute atomic E-state index is 0.589. The van der Waals surface area contributed by atoms with Gasteiger partial charge >= 0.3 is 0 Å². The molecule has 2 aliphatic rings. The number of aromatic nitrogens is 4. The first kappa shape index (κ1) is 19.2. The van der Waals surface area contributed by atoms with Gasteiger partial charge in [-0.05, 0) is 37.1 Å². The van der Waals surface area contributed by atoms with Crippen molar-refractivity contribution in [1.82, 2.24) is 24.8 Å². The van der Waals surface area contributed by atoms with E-state index in [1.54, 1.807) is 6.33 Å². The highest BCUT2D eigenvalue weighted by molar-refractivity contribution is 5.91. The number of fused-ring (bicyclic) bond motifs is 1. The molecule has 0 spiro atoms. The molecule has 3 heterocycles. The number of anilines is 2. The summed E-state index contributed by atoms with van der Waals surface area (Å²) in [5.41, 5.74) is 3.38. The molecule has 1 saturated heterocycles. The molecule has 0 atom stereocenters. The van der Waals surface area contributed by atoms with Crippen LogP contribution in [-0.2, 0) is 6.54 Å². The number of piperazine rings is 1. The zero-order valence-electron chi connectivity index (χ0n) is 17.8. The summed E-state index contributed by atoms with van der Waals surface area (Å²) in [5.74, 6) is 2.60. The fourth-order valence-electron chi connectivity index (χ4n) is 4.34. The van der Waals surface area contributed by atoms with Crippen LogP contribution in [0.25, 0.3) is 10.9 Å². The first-order chi connectivity index (χ1) is 14.7. The lowest BCUT2D eigenvalue weighted by Crippen LogP contribution is -2.46. The molecule has 2 fully saturated rings. The predicted molar refractivity (Wildman–Crippen MR) is 120 cm³/mol. The average Bonchev–Trinajstić information content (AvgIpc) is 2.72. The second-order valence-electron chi connectivity index (χ2n) is 8.59. The standard InChI is InChI=1S/C23H29N7/c1-28(2)23-20-14-19(6-7-21(20)25-16-26-23)30-12-10-29(11-13-30)15-18-8-9-24-22(27-18)17-4-3-5-17/h6-9,14,16-17H,3-5,10-13,15H2,1-2H3. The summed E-state index contributed by atoms with van der Waals surface area (Å²) in [6.07, 6.45) is 7.38. The molecule has 0 N–H and O–H groups in total. The number of rotatable bonds is 5. The zero-order valence-corrected chi connectivity index (χ0v) is 17.8. The summed E-state index contributed by atoms with van der Waals surface area (Å²) in [7, 11) is 4.05. The Bertz CT molecular complexity index is 1020. The van der Waals surface area contributed by atoms with Crippen LogP contribution in [0.5, 0.6) is 0 Å². The molecule has 0 bridgehead atoms. The van der Waals surface area contributed by atoms with Gasteiger partial charge in [0.2, 0.25) is 0 Å². The lowest BCUT2D eigenvalue weighted by atomic mass is 9.85. The topological polar surface area (TPSA) is 61.3 Å². The van der Waals surface area contributed by atoms with Gasteiger partial charge in [-0.3, -0.25) is 4.90 Å². The van der Waals surface area contributed by atoms with E-state index in [0.29, 0.717) is 5.92 Å². The molecule has 7 heteroatoms. The van der Waals surface area contributed by atoms with E-state index in [2.05, 4.69) is 49.0 Å². The normalized spacial score (nSPS) is 17.9. The summed E-state index contributed by atoms with van der Waals surface area (Å²) in [4.78, 5) is 25.2. The van der Waals surface area contributed by atoms with Crippen molar-refractivity contribution in [2.45, 2.75) is 31.7 Å². The van der Waals surface area contributed by atoms with E-state index in [1.807, 2.05) is 25.2 Å². The lowest BCUT2D eigenvalue weighted by Gasteiger charge is -2.36. The van der Waals surface area contributed by atoms with Crippen LogP contribution in [-0.4, -0.2) is 65.1 Å². The average molecular weight is 404 g/mol. The Balaban J connectivity index is 1.25. The van der Waals surface area contributed by atoms with E-state index >= 15 is 0 Å². The molecule has 1 aromatic carbocycles. The van der Waals surface area contributed by atoms with Gasteiger partial charge in [-0.15, -0.1) is 0 Å². The summed E-state index contributed by atoms with van der Waals surface area (Å²) < 4.78 is 0. The largest absolute Gasteiger partial charge is 0.369 e. The SMILES string of the molecule is CN(C)c1ncnc2ccc(N3CCN(Cc4ccnc(C5CCC5)n4)CC3)cc12. The molecule has 1 aliphatic carbocycles. The maximum atomic E-state index is 4.84. The Labute approximate surface area is 177 Å². The molecule has 156 valence electrons. The molecular weight excluding hydrogens is 374 g/mol. The third-order valence-corrected chi connectivity index (χ3v) is 6.35. The minimum atomic E-state index is 0.589. The summed E-state index contributed by atoms with van der Waals surface area (Å²) in [6.45, 7) is 5.00. The molecule has 30 heavy (non-hydrogen) atoms. The molecule has 5 rings (SSSR count). The molecule has 0 unspecified atom stereocenters. The van der Waals surface area contributed by atoms with Gasteiger partial charge in [-0.1, -0.05) is 6.42 Å². The van der Waals surface area contributed by atoms with Crippen molar-refractivity contribution < 1.29 is 0 Å². The summed E-state index contributed by atoms with van der Waals surface area (Å²) in [6, 6.07) is 8.59. The molecular formula is C23H29N7. The van der Waals surface area contributed by atoms with Crippen LogP contribution in [0.2, 0.25) is 0 Å². The molecule has 1 saturated carbocycles. The van der Waals surface area contributed by atoms with E-state index in [1.165, 1.54) is 24.9 Å². The highest BCUT2D eigenvalue weighted by atomic mass is 15.3. The molecule has 0 amide bonds. The van der Waals surface area contributed by atoms with Crippen LogP contribution in [0.3, 0.4) is 0 Å². The van der Waals surface area contributed by atoms with Crippen LogP contribution in [0.4, 0.5) is 11.5 Å². The van der Waals surface area contributed by atoms with Crippen LogP contribution in [0.15, 0.2) is 36.8 Å². The third-order valence-electron chi connectivity index (χ3n) is 6.35. The fourth-order valence-corrected chi connectivity index (χ4v) is 4.34. The highest BCUT2D eigenvalue weighted by Crippen LogP contribution is 2.34. The maximum absolute atomic E-state index is 4.84. The van der Waals surface area contributed by atoms with Crippen LogP contribution in [0.1, 0.15) is 36.7 Å². The van der Waals surface area contributed by atoms with Crippen LogP contribution >= 0.6 is 0 Å². The van der Waals surface area contributed by atoms with Crippen molar-refractivity contribution >= 4 is 22.4 Å². The maximum Gasteiger partial charge on any atom is 0.139 e. The van der Waals surface area contributed by atoms with Gasteiger partial charge in [-0.2, -0.15) is 0 Å². The molecule has 1 aliphatic heterocycles. The number of benzene rings is 1. The van der Waals surface area contributed by atoms with Crippen molar-refractivity contribution in [3.05, 3.63) is 48.3 Å². The van der Waals surface area contributed by atoms with Gasteiger partial charge in [0.15, 0.2) is 0 Å². The lowest BCUT2D eigenvalue weighted by molar-refractivity contribution is 0.246. The molecule has 7 nitrogen and oxygen atoms in total. The molecule has 2 aromatic heterocycles. The Hall–Kier alpha value is -2.80. The Kier molecular flexibility index (Phi) is 5.21. The number of nitrogens with zero attached hydrogens (tertiary/aromatic N) is 7. The summed E-state index contributed by atoms with van der Waals surface area (Å²) in [5, 5.41) is 1.10. The second kappa shape index (κ2) is 8.14. The van der Waals surface area contributed by atoms with Crippen molar-refractivity contribution in [2.75, 3.05) is 50.1 Å². The number of hydrogen-bond acceptors (Lipinski definition) is 7. The van der Waals surface area contributed by atoms with E-state index in [0.717, 1.165) is 61.0 Å². The Morgan fingerprint density at radius 1 is 1.00 bits per heavy atom. The summed E-state index contributed by atoms with van der Waals surface area (Å²) >= 11 is 0. The molecule has 0 radical (unpaired) electrons. The number of hydrogen-bond donors (Lipinski definition) is 0. The van der Waals surface area contributed by atoms with Gasteiger partial charge in [0.1, 0.15) is 18.0 Å². The van der Waals surface area contributed by atoms with Crippen LogP contribution in [0, 0.1) is 0 Å². The van der Waals surface area contributed by atoms with Gasteiger partial charge in [0.05, 0.1) is 11.2 Å². The first-order valence-corrected chi connectivity index (χ1v) is 10.9. The van der Waals surface area contributed by atoms with E-state index < -0.39 is 0 Å². The smallest absolute Gasteiger partial charge is 0.139 e. The van der Waals surface area contributed by atoms with E-state index in [4.69, 9.17) is 4.98 Å².